The summed E-state index contributed by atoms with van der Waals surface area (Å²) in [5, 5.41) is 3.80. The molecular formula is C14H15ClN2O. The number of hydrogen-bond acceptors (Lipinski definition) is 3. The highest BCUT2D eigenvalue weighted by molar-refractivity contribution is 6.34. The third kappa shape index (κ3) is 2.51. The van der Waals surface area contributed by atoms with Crippen LogP contribution in [-0.4, -0.2) is 7.11 Å². The smallest absolute Gasteiger partial charge is 0.142 e. The Morgan fingerprint density at radius 2 is 2.00 bits per heavy atom. The number of methoxy groups -OCH3 is 1. The number of hydrogen-bond donors (Lipinski definition) is 2. The molecule has 0 fully saturated rings. The lowest BCUT2D eigenvalue weighted by Crippen LogP contribution is -1.99. The Labute approximate surface area is 112 Å². The van der Waals surface area contributed by atoms with Gasteiger partial charge in [0.05, 0.1) is 29.2 Å². The van der Waals surface area contributed by atoms with Gasteiger partial charge >= 0.3 is 0 Å². The van der Waals surface area contributed by atoms with E-state index < -0.39 is 0 Å². The number of para-hydroxylation sites is 1. The second-order valence-electron chi connectivity index (χ2n) is 4.03. The van der Waals surface area contributed by atoms with Crippen molar-refractivity contribution >= 4 is 28.7 Å². The van der Waals surface area contributed by atoms with Crippen molar-refractivity contribution in [3.63, 3.8) is 0 Å². The molecule has 0 spiro atoms. The molecule has 0 aliphatic heterocycles. The van der Waals surface area contributed by atoms with Gasteiger partial charge in [0.15, 0.2) is 0 Å². The van der Waals surface area contributed by atoms with Gasteiger partial charge < -0.3 is 15.8 Å². The first-order valence-electron chi connectivity index (χ1n) is 5.57. The van der Waals surface area contributed by atoms with Gasteiger partial charge in [0.25, 0.3) is 0 Å². The number of aryl methyl sites for hydroxylation is 1. The van der Waals surface area contributed by atoms with Gasteiger partial charge in [-0.1, -0.05) is 23.7 Å². The average Bonchev–Trinajstić information content (AvgIpc) is 2.34. The lowest BCUT2D eigenvalue weighted by Gasteiger charge is -2.14. The first-order valence-corrected chi connectivity index (χ1v) is 5.95. The van der Waals surface area contributed by atoms with Crippen LogP contribution in [0.15, 0.2) is 36.4 Å². The summed E-state index contributed by atoms with van der Waals surface area (Å²) in [5.41, 5.74) is 9.18. The van der Waals surface area contributed by atoms with Crippen LogP contribution >= 0.6 is 11.6 Å². The predicted octanol–water partition coefficient (Wildman–Crippen LogP) is 3.98. The fourth-order valence-electron chi connectivity index (χ4n) is 1.73. The fraction of sp³-hybridized carbons (Fsp3) is 0.143. The Balaban J connectivity index is 2.42. The molecule has 4 heteroatoms. The summed E-state index contributed by atoms with van der Waals surface area (Å²) in [7, 11) is 1.63. The van der Waals surface area contributed by atoms with Crippen LogP contribution in [-0.2, 0) is 0 Å². The third-order valence-electron chi connectivity index (χ3n) is 2.66. The molecule has 0 saturated heterocycles. The summed E-state index contributed by atoms with van der Waals surface area (Å²) in [4.78, 5) is 0. The summed E-state index contributed by atoms with van der Waals surface area (Å²) < 4.78 is 5.31. The van der Waals surface area contributed by atoms with Gasteiger partial charge in [0.2, 0.25) is 0 Å². The van der Waals surface area contributed by atoms with Crippen LogP contribution in [0.25, 0.3) is 0 Å². The Kier molecular flexibility index (Phi) is 3.63. The van der Waals surface area contributed by atoms with Crippen molar-refractivity contribution in [3.8, 4) is 5.75 Å². The molecule has 94 valence electrons. The van der Waals surface area contributed by atoms with Gasteiger partial charge in [0, 0.05) is 0 Å². The number of anilines is 3. The van der Waals surface area contributed by atoms with Crippen LogP contribution in [0.3, 0.4) is 0 Å². The van der Waals surface area contributed by atoms with Gasteiger partial charge in [-0.25, -0.2) is 0 Å². The van der Waals surface area contributed by atoms with Crippen LogP contribution in [0, 0.1) is 6.92 Å². The molecule has 18 heavy (non-hydrogen) atoms. The zero-order chi connectivity index (χ0) is 13.1. The first-order chi connectivity index (χ1) is 8.61. The summed E-state index contributed by atoms with van der Waals surface area (Å²) >= 11 is 6.13. The fourth-order valence-corrected chi connectivity index (χ4v) is 1.96. The van der Waals surface area contributed by atoms with Crippen molar-refractivity contribution < 1.29 is 4.74 Å². The lowest BCUT2D eigenvalue weighted by molar-refractivity contribution is 0.416. The van der Waals surface area contributed by atoms with Gasteiger partial charge in [0.1, 0.15) is 5.75 Å². The largest absolute Gasteiger partial charge is 0.495 e. The zero-order valence-corrected chi connectivity index (χ0v) is 11.1. The minimum absolute atomic E-state index is 0.582. The van der Waals surface area contributed by atoms with E-state index in [9.17, 15) is 0 Å². The van der Waals surface area contributed by atoms with E-state index in [1.807, 2.05) is 31.2 Å². The van der Waals surface area contributed by atoms with E-state index in [1.54, 1.807) is 19.2 Å². The molecule has 3 N–H and O–H groups in total. The maximum atomic E-state index is 6.13. The molecule has 2 aromatic carbocycles. The molecule has 0 radical (unpaired) electrons. The van der Waals surface area contributed by atoms with E-state index in [0.29, 0.717) is 16.4 Å². The van der Waals surface area contributed by atoms with Crippen molar-refractivity contribution in [1.82, 2.24) is 0 Å². The van der Waals surface area contributed by atoms with Crippen molar-refractivity contribution in [3.05, 3.63) is 47.0 Å². The Morgan fingerprint density at radius 1 is 1.22 bits per heavy atom. The second-order valence-corrected chi connectivity index (χ2v) is 4.44. The standard InChI is InChI=1S/C14H15ClN2O/c1-9-6-7-13(18-2)12(8-9)17-14-10(15)4-3-5-11(14)16/h3-8,17H,16H2,1-2H3. The van der Waals surface area contributed by atoms with Gasteiger partial charge in [-0.15, -0.1) is 0 Å². The molecule has 0 atom stereocenters. The molecule has 0 heterocycles. The number of rotatable bonds is 3. The molecule has 2 aromatic rings. The third-order valence-corrected chi connectivity index (χ3v) is 2.98. The van der Waals surface area contributed by atoms with Crippen LogP contribution in [0.1, 0.15) is 5.56 Å². The minimum atomic E-state index is 0.582. The topological polar surface area (TPSA) is 47.3 Å². The van der Waals surface area contributed by atoms with Crippen molar-refractivity contribution in [2.24, 2.45) is 0 Å². The van der Waals surface area contributed by atoms with Crippen molar-refractivity contribution in [2.45, 2.75) is 6.92 Å². The highest BCUT2D eigenvalue weighted by Gasteiger charge is 2.08. The first kappa shape index (κ1) is 12.6. The van der Waals surface area contributed by atoms with Crippen LogP contribution in [0.4, 0.5) is 17.1 Å². The van der Waals surface area contributed by atoms with Gasteiger partial charge in [-0.2, -0.15) is 0 Å². The molecular weight excluding hydrogens is 248 g/mol. The maximum Gasteiger partial charge on any atom is 0.142 e. The highest BCUT2D eigenvalue weighted by Crippen LogP contribution is 2.35. The quantitative estimate of drug-likeness (QED) is 0.823. The number of nitrogens with two attached hydrogens (primary N) is 1. The van der Waals surface area contributed by atoms with E-state index >= 15 is 0 Å². The Hall–Kier alpha value is -1.87. The number of nitrogens with one attached hydrogen (secondary N) is 1. The van der Waals surface area contributed by atoms with Crippen LogP contribution < -0.4 is 15.8 Å². The number of nitrogen functional groups attached to an aromatic ring is 1. The predicted molar refractivity (Wildman–Crippen MR) is 76.9 cm³/mol. The molecule has 0 aromatic heterocycles. The number of benzene rings is 2. The normalized spacial score (nSPS) is 10.2. The second kappa shape index (κ2) is 5.19. The van der Waals surface area contributed by atoms with Crippen LogP contribution in [0.2, 0.25) is 5.02 Å². The molecule has 3 nitrogen and oxygen atoms in total. The molecule has 0 bridgehead atoms. The maximum absolute atomic E-state index is 6.13. The Bertz CT molecular complexity index is 549. The van der Waals surface area contributed by atoms with E-state index in [-0.39, 0.29) is 0 Å². The summed E-state index contributed by atoms with van der Waals surface area (Å²) in [6.45, 7) is 2.01. The van der Waals surface area contributed by atoms with E-state index in [4.69, 9.17) is 22.1 Å². The lowest BCUT2D eigenvalue weighted by atomic mass is 10.2. The molecule has 0 aliphatic rings. The van der Waals surface area contributed by atoms with Crippen molar-refractivity contribution in [1.29, 1.82) is 0 Å². The Morgan fingerprint density at radius 3 is 2.67 bits per heavy atom. The summed E-state index contributed by atoms with van der Waals surface area (Å²) in [6, 6.07) is 11.3. The van der Waals surface area contributed by atoms with E-state index in [0.717, 1.165) is 17.0 Å². The SMILES string of the molecule is COc1ccc(C)cc1Nc1c(N)cccc1Cl. The number of halogens is 1. The average molecular weight is 263 g/mol. The number of ether oxygens (including phenoxy) is 1. The van der Waals surface area contributed by atoms with E-state index in [2.05, 4.69) is 5.32 Å². The monoisotopic (exact) mass is 262 g/mol. The van der Waals surface area contributed by atoms with Crippen LogP contribution in [0.5, 0.6) is 5.75 Å². The summed E-state index contributed by atoms with van der Waals surface area (Å²) in [6.07, 6.45) is 0. The zero-order valence-electron chi connectivity index (χ0n) is 10.3. The van der Waals surface area contributed by atoms with Gasteiger partial charge in [-0.3, -0.25) is 0 Å². The molecule has 0 amide bonds. The van der Waals surface area contributed by atoms with E-state index in [1.165, 1.54) is 0 Å². The minimum Gasteiger partial charge on any atom is -0.495 e. The molecule has 2 rings (SSSR count). The molecule has 0 saturated carbocycles. The molecule has 0 aliphatic carbocycles. The summed E-state index contributed by atoms with van der Waals surface area (Å²) in [5.74, 6) is 0.750. The van der Waals surface area contributed by atoms with Gasteiger partial charge in [-0.05, 0) is 36.8 Å². The van der Waals surface area contributed by atoms with Crippen molar-refractivity contribution in [2.75, 3.05) is 18.2 Å². The highest BCUT2D eigenvalue weighted by atomic mass is 35.5. The molecule has 0 unspecified atom stereocenters.